The van der Waals surface area contributed by atoms with Crippen LogP contribution in [0.15, 0.2) is 48.5 Å². The molecule has 3 rings (SSSR count). The van der Waals surface area contributed by atoms with Crippen LogP contribution in [0.2, 0.25) is 0 Å². The monoisotopic (exact) mass is 299 g/mol. The first-order valence-electron chi connectivity index (χ1n) is 7.33. The highest BCUT2D eigenvalue weighted by atomic mass is 19.1. The molecule has 4 heteroatoms. The number of fused-ring (bicyclic) bond motifs is 1. The van der Waals surface area contributed by atoms with Gasteiger partial charge in [0.2, 0.25) is 0 Å². The maximum Gasteiger partial charge on any atom is 0.310 e. The third-order valence-corrected chi connectivity index (χ3v) is 4.19. The number of nitrogens with one attached hydrogen (secondary N) is 1. The fourth-order valence-electron chi connectivity index (χ4n) is 3.08. The molecule has 0 saturated heterocycles. The number of rotatable bonds is 4. The van der Waals surface area contributed by atoms with Gasteiger partial charge in [0.05, 0.1) is 13.0 Å². The summed E-state index contributed by atoms with van der Waals surface area (Å²) in [5, 5.41) is 3.38. The van der Waals surface area contributed by atoms with Gasteiger partial charge in [-0.3, -0.25) is 4.79 Å². The van der Waals surface area contributed by atoms with Gasteiger partial charge in [-0.2, -0.15) is 0 Å². The van der Waals surface area contributed by atoms with Gasteiger partial charge in [-0.15, -0.1) is 0 Å². The number of benzene rings is 2. The highest BCUT2D eigenvalue weighted by molar-refractivity contribution is 5.75. The smallest absolute Gasteiger partial charge is 0.310 e. The number of halogens is 1. The molecule has 0 unspecified atom stereocenters. The van der Waals surface area contributed by atoms with E-state index in [0.717, 1.165) is 11.1 Å². The van der Waals surface area contributed by atoms with Crippen LogP contribution in [0.4, 0.5) is 4.39 Å². The van der Waals surface area contributed by atoms with Gasteiger partial charge in [0.25, 0.3) is 0 Å². The molecular formula is C18H18FNO2. The predicted molar refractivity (Wildman–Crippen MR) is 81.6 cm³/mol. The number of hydrogen-bond acceptors (Lipinski definition) is 3. The molecule has 3 nitrogen and oxygen atoms in total. The van der Waals surface area contributed by atoms with E-state index in [1.807, 2.05) is 36.4 Å². The largest absolute Gasteiger partial charge is 0.469 e. The van der Waals surface area contributed by atoms with E-state index in [1.54, 1.807) is 6.07 Å². The van der Waals surface area contributed by atoms with E-state index in [9.17, 15) is 9.18 Å². The third-order valence-electron chi connectivity index (χ3n) is 4.19. The maximum atomic E-state index is 14.0. The summed E-state index contributed by atoms with van der Waals surface area (Å²) in [5.41, 5.74) is 2.59. The highest BCUT2D eigenvalue weighted by Gasteiger charge is 2.39. The fraction of sp³-hybridized carbons (Fsp3) is 0.278. The Kier molecular flexibility index (Phi) is 4.20. The van der Waals surface area contributed by atoms with Crippen molar-refractivity contribution in [1.82, 2.24) is 5.32 Å². The molecule has 0 radical (unpaired) electrons. The molecule has 0 aromatic heterocycles. The van der Waals surface area contributed by atoms with Crippen molar-refractivity contribution in [3.63, 3.8) is 0 Å². The lowest BCUT2D eigenvalue weighted by Gasteiger charge is -2.20. The Morgan fingerprint density at radius 2 is 2.00 bits per heavy atom. The molecule has 114 valence electrons. The average Bonchev–Trinajstić information content (AvgIpc) is 2.93. The minimum atomic E-state index is -0.388. The van der Waals surface area contributed by atoms with Crippen LogP contribution in [0.5, 0.6) is 0 Å². The van der Waals surface area contributed by atoms with Crippen molar-refractivity contribution in [3.05, 3.63) is 71.0 Å². The molecule has 2 aromatic carbocycles. The molecule has 2 aromatic rings. The summed E-state index contributed by atoms with van der Waals surface area (Å²) in [5.74, 6) is -0.947. The number of ether oxygens (including phenoxy) is 1. The second-order valence-electron chi connectivity index (χ2n) is 5.49. The average molecular weight is 299 g/mol. The minimum absolute atomic E-state index is 0.224. The van der Waals surface area contributed by atoms with Crippen LogP contribution >= 0.6 is 0 Å². The molecule has 0 spiro atoms. The highest BCUT2D eigenvalue weighted by Crippen LogP contribution is 2.38. The Morgan fingerprint density at radius 3 is 2.73 bits per heavy atom. The predicted octanol–water partition coefficient (Wildman–Crippen LogP) is 3.00. The summed E-state index contributed by atoms with van der Waals surface area (Å²) in [6.45, 7) is 0.620. The number of carbonyl (C=O) groups is 1. The van der Waals surface area contributed by atoms with Crippen molar-refractivity contribution < 1.29 is 13.9 Å². The zero-order chi connectivity index (χ0) is 15.5. The van der Waals surface area contributed by atoms with Gasteiger partial charge >= 0.3 is 5.97 Å². The van der Waals surface area contributed by atoms with Gasteiger partial charge in [-0.25, -0.2) is 4.39 Å². The Balaban J connectivity index is 1.85. The zero-order valence-electron chi connectivity index (χ0n) is 12.4. The van der Waals surface area contributed by atoms with Crippen LogP contribution in [-0.2, 0) is 22.5 Å². The van der Waals surface area contributed by atoms with Crippen LogP contribution in [0.25, 0.3) is 0 Å². The van der Waals surface area contributed by atoms with Crippen LogP contribution in [-0.4, -0.2) is 13.1 Å². The second-order valence-corrected chi connectivity index (χ2v) is 5.49. The first-order valence-corrected chi connectivity index (χ1v) is 7.33. The number of hydrogen-bond donors (Lipinski definition) is 1. The molecule has 2 atom stereocenters. The summed E-state index contributed by atoms with van der Waals surface area (Å²) in [4.78, 5) is 12.0. The summed E-state index contributed by atoms with van der Waals surface area (Å²) >= 11 is 0. The van der Waals surface area contributed by atoms with Gasteiger partial charge in [0, 0.05) is 12.6 Å². The van der Waals surface area contributed by atoms with E-state index >= 15 is 0 Å². The molecule has 0 saturated carbocycles. The van der Waals surface area contributed by atoms with Crippen LogP contribution in [0, 0.1) is 11.7 Å². The van der Waals surface area contributed by atoms with Crippen molar-refractivity contribution in [3.8, 4) is 0 Å². The molecule has 1 aliphatic carbocycles. The summed E-state index contributed by atoms with van der Waals surface area (Å²) in [6.07, 6.45) is 0.376. The topological polar surface area (TPSA) is 38.3 Å². The lowest BCUT2D eigenvalue weighted by molar-refractivity contribution is -0.146. The summed E-state index contributed by atoms with van der Waals surface area (Å²) in [6, 6.07) is 14.7. The molecule has 22 heavy (non-hydrogen) atoms. The zero-order valence-corrected chi connectivity index (χ0v) is 12.4. The van der Waals surface area contributed by atoms with E-state index in [2.05, 4.69) is 5.32 Å². The fourth-order valence-corrected chi connectivity index (χ4v) is 3.08. The van der Waals surface area contributed by atoms with E-state index < -0.39 is 0 Å². The van der Waals surface area contributed by atoms with Crippen molar-refractivity contribution in [2.75, 3.05) is 7.11 Å². The Bertz CT molecular complexity index is 672. The molecule has 1 N–H and O–H groups in total. The Hall–Kier alpha value is -2.20. The van der Waals surface area contributed by atoms with Gasteiger partial charge in [0.1, 0.15) is 5.82 Å². The van der Waals surface area contributed by atoms with Crippen molar-refractivity contribution in [1.29, 1.82) is 0 Å². The number of esters is 1. The van der Waals surface area contributed by atoms with Gasteiger partial charge in [-0.05, 0) is 29.2 Å². The van der Waals surface area contributed by atoms with Crippen molar-refractivity contribution >= 4 is 5.97 Å². The lowest BCUT2D eigenvalue weighted by atomic mass is 10.0. The van der Waals surface area contributed by atoms with E-state index in [4.69, 9.17) is 4.74 Å². The van der Waals surface area contributed by atoms with Gasteiger partial charge in [-0.1, -0.05) is 42.5 Å². The standard InChI is InChI=1S/C18H18FNO2/c1-22-18(21)15-10-14-13(8-5-9-16(14)19)17(15)20-11-12-6-3-2-4-7-12/h2-9,15,17,20H,10-11H2,1H3/t15-,17-/m1/s1. The number of carbonyl (C=O) groups excluding carboxylic acids is 1. The first kappa shape index (κ1) is 14.7. The van der Waals surface area contributed by atoms with Gasteiger partial charge < -0.3 is 10.1 Å². The van der Waals surface area contributed by atoms with Crippen molar-refractivity contribution in [2.45, 2.75) is 19.0 Å². The van der Waals surface area contributed by atoms with Crippen LogP contribution in [0.3, 0.4) is 0 Å². The second kappa shape index (κ2) is 6.28. The normalized spacial score (nSPS) is 19.7. The molecule has 0 bridgehead atoms. The lowest BCUT2D eigenvalue weighted by Crippen LogP contribution is -2.30. The first-order chi connectivity index (χ1) is 10.7. The summed E-state index contributed by atoms with van der Waals surface area (Å²) < 4.78 is 18.9. The minimum Gasteiger partial charge on any atom is -0.469 e. The maximum absolute atomic E-state index is 14.0. The van der Waals surface area contributed by atoms with E-state index in [0.29, 0.717) is 18.5 Å². The third kappa shape index (κ3) is 2.74. The van der Waals surface area contributed by atoms with Crippen molar-refractivity contribution in [2.24, 2.45) is 5.92 Å². The molecule has 0 heterocycles. The van der Waals surface area contributed by atoms with Gasteiger partial charge in [0.15, 0.2) is 0 Å². The Labute approximate surface area is 129 Å². The Morgan fingerprint density at radius 1 is 1.23 bits per heavy atom. The molecule has 0 amide bonds. The van der Waals surface area contributed by atoms with Crippen LogP contribution in [0.1, 0.15) is 22.7 Å². The van der Waals surface area contributed by atoms with E-state index in [-0.39, 0.29) is 23.7 Å². The number of methoxy groups -OCH3 is 1. The molecular weight excluding hydrogens is 281 g/mol. The molecule has 0 aliphatic heterocycles. The molecule has 0 fully saturated rings. The molecule has 1 aliphatic rings. The SMILES string of the molecule is COC(=O)[C@@H]1Cc2c(F)cccc2[C@H]1NCc1ccccc1. The van der Waals surface area contributed by atoms with Crippen LogP contribution < -0.4 is 5.32 Å². The quantitative estimate of drug-likeness (QED) is 0.882. The van der Waals surface area contributed by atoms with E-state index in [1.165, 1.54) is 13.2 Å². The summed E-state index contributed by atoms with van der Waals surface area (Å²) in [7, 11) is 1.37.